The maximum absolute atomic E-state index is 12.2. The van der Waals surface area contributed by atoms with Crippen molar-refractivity contribution in [3.63, 3.8) is 0 Å². The van der Waals surface area contributed by atoms with Crippen LogP contribution in [0.1, 0.15) is 149 Å². The van der Waals surface area contributed by atoms with E-state index in [4.69, 9.17) is 0 Å². The number of rotatable bonds is 9. The first kappa shape index (κ1) is 30.4. The topological polar surface area (TPSA) is 80.9 Å². The second-order valence-corrected chi connectivity index (χ2v) is 14.2. The number of hydrogen-bond acceptors (Lipinski definition) is 4. The monoisotopic (exact) mass is 562 g/mol. The third kappa shape index (κ3) is 6.34. The standard InChI is InChI=1S/C37H54O4/c1-36(16-8-4-9-17-36)31-24-26(14-20-38)22-29(34(31)40)33(28-12-6-3-7-13-28)30-23-27(15-21-39)25-32(35(30)41)37(2)18-10-5-11-19-37/h22-25,28,33,38-41H,3-21H2,1-2H3. The van der Waals surface area contributed by atoms with Gasteiger partial charge in [0.25, 0.3) is 0 Å². The summed E-state index contributed by atoms with van der Waals surface area (Å²) in [7, 11) is 0. The molecule has 41 heavy (non-hydrogen) atoms. The van der Waals surface area contributed by atoms with E-state index in [1.165, 1.54) is 57.8 Å². The van der Waals surface area contributed by atoms with E-state index in [1.807, 2.05) is 0 Å². The second-order valence-electron chi connectivity index (χ2n) is 14.2. The molecule has 4 nitrogen and oxygen atoms in total. The molecule has 2 aromatic rings. The normalized spacial score (nSPS) is 21.3. The van der Waals surface area contributed by atoms with Gasteiger partial charge in [-0.1, -0.05) is 95.9 Å². The molecule has 2 aromatic carbocycles. The lowest BCUT2D eigenvalue weighted by Gasteiger charge is -2.39. The third-order valence-electron chi connectivity index (χ3n) is 11.2. The van der Waals surface area contributed by atoms with E-state index in [0.717, 1.165) is 71.9 Å². The van der Waals surface area contributed by atoms with Crippen molar-refractivity contribution in [2.75, 3.05) is 13.2 Å². The van der Waals surface area contributed by atoms with Crippen LogP contribution >= 0.6 is 0 Å². The molecule has 3 aliphatic rings. The molecule has 0 atom stereocenters. The van der Waals surface area contributed by atoms with E-state index < -0.39 is 0 Å². The van der Waals surface area contributed by atoms with Gasteiger partial charge in [-0.3, -0.25) is 0 Å². The molecule has 0 radical (unpaired) electrons. The molecular formula is C37H54O4. The van der Waals surface area contributed by atoms with Gasteiger partial charge in [0.2, 0.25) is 0 Å². The van der Waals surface area contributed by atoms with Crippen molar-refractivity contribution in [3.8, 4) is 11.5 Å². The van der Waals surface area contributed by atoms with E-state index in [-0.39, 0.29) is 30.0 Å². The van der Waals surface area contributed by atoms with Crippen molar-refractivity contribution < 1.29 is 20.4 Å². The van der Waals surface area contributed by atoms with Crippen LogP contribution in [-0.2, 0) is 23.7 Å². The lowest BCUT2D eigenvalue weighted by atomic mass is 9.66. The Hall–Kier alpha value is -2.04. The number of phenolic OH excluding ortho intramolecular Hbond substituents is 2. The molecule has 0 bridgehead atoms. The zero-order valence-electron chi connectivity index (χ0n) is 25.7. The molecular weight excluding hydrogens is 508 g/mol. The average molecular weight is 563 g/mol. The Bertz CT molecular complexity index is 1080. The minimum absolute atomic E-state index is 0.0776. The van der Waals surface area contributed by atoms with Crippen molar-refractivity contribution in [1.82, 2.24) is 0 Å². The van der Waals surface area contributed by atoms with Gasteiger partial charge in [0.05, 0.1) is 0 Å². The first-order valence-corrected chi connectivity index (χ1v) is 16.7. The van der Waals surface area contributed by atoms with Gasteiger partial charge in [0.15, 0.2) is 0 Å². The SMILES string of the molecule is CC1(c2cc(CCO)cc(C(c3cc(CCO)cc(C4(C)CCCCC4)c3O)C3CCCCC3)c2O)CCCCC1. The van der Waals surface area contributed by atoms with Crippen LogP contribution in [0.4, 0.5) is 0 Å². The molecule has 0 amide bonds. The van der Waals surface area contributed by atoms with Crippen LogP contribution < -0.4 is 0 Å². The molecule has 4 heteroatoms. The Morgan fingerprint density at radius 1 is 0.610 bits per heavy atom. The molecule has 0 heterocycles. The summed E-state index contributed by atoms with van der Waals surface area (Å²) in [5.41, 5.74) is 5.92. The van der Waals surface area contributed by atoms with Gasteiger partial charge in [0.1, 0.15) is 11.5 Å². The fourth-order valence-electron chi connectivity index (χ4n) is 8.72. The van der Waals surface area contributed by atoms with E-state index in [0.29, 0.717) is 30.3 Å². The third-order valence-corrected chi connectivity index (χ3v) is 11.2. The van der Waals surface area contributed by atoms with E-state index in [9.17, 15) is 20.4 Å². The predicted molar refractivity (Wildman–Crippen MR) is 167 cm³/mol. The molecule has 0 unspecified atom stereocenters. The minimum atomic E-state index is -0.121. The van der Waals surface area contributed by atoms with E-state index >= 15 is 0 Å². The molecule has 4 N–H and O–H groups in total. The molecule has 0 aromatic heterocycles. The van der Waals surface area contributed by atoms with Gasteiger partial charge in [-0.25, -0.2) is 0 Å². The maximum atomic E-state index is 12.2. The predicted octanol–water partition coefficient (Wildman–Crippen LogP) is 8.32. The summed E-state index contributed by atoms with van der Waals surface area (Å²) < 4.78 is 0. The van der Waals surface area contributed by atoms with Gasteiger partial charge in [0, 0.05) is 41.4 Å². The fraction of sp³-hybridized carbons (Fsp3) is 0.676. The maximum Gasteiger partial charge on any atom is 0.123 e. The van der Waals surface area contributed by atoms with Crippen LogP contribution in [0.2, 0.25) is 0 Å². The summed E-state index contributed by atoms with van der Waals surface area (Å²) in [5, 5.41) is 44.4. The Balaban J connectivity index is 1.73. The van der Waals surface area contributed by atoms with Crippen LogP contribution in [0.25, 0.3) is 0 Å². The summed E-state index contributed by atoms with van der Waals surface area (Å²) in [4.78, 5) is 0. The first-order valence-electron chi connectivity index (χ1n) is 16.7. The summed E-state index contributed by atoms with van der Waals surface area (Å²) in [5.74, 6) is 1.02. The number of aromatic hydroxyl groups is 2. The van der Waals surface area contributed by atoms with Gasteiger partial charge in [-0.15, -0.1) is 0 Å². The van der Waals surface area contributed by atoms with Gasteiger partial charge < -0.3 is 20.4 Å². The molecule has 3 aliphatic carbocycles. The van der Waals surface area contributed by atoms with Crippen molar-refractivity contribution >= 4 is 0 Å². The average Bonchev–Trinajstić information content (AvgIpc) is 2.97. The summed E-state index contributed by atoms with van der Waals surface area (Å²) in [6, 6.07) is 8.60. The van der Waals surface area contributed by atoms with Gasteiger partial charge >= 0.3 is 0 Å². The largest absolute Gasteiger partial charge is 0.507 e. The quantitative estimate of drug-likeness (QED) is 0.248. The zero-order valence-corrected chi connectivity index (χ0v) is 25.7. The fourth-order valence-corrected chi connectivity index (χ4v) is 8.72. The molecule has 5 rings (SSSR count). The van der Waals surface area contributed by atoms with E-state index in [1.54, 1.807) is 0 Å². The smallest absolute Gasteiger partial charge is 0.123 e. The van der Waals surface area contributed by atoms with Crippen molar-refractivity contribution in [2.24, 2.45) is 5.92 Å². The summed E-state index contributed by atoms with van der Waals surface area (Å²) in [6.07, 6.45) is 18.3. The van der Waals surface area contributed by atoms with Crippen LogP contribution in [0.5, 0.6) is 11.5 Å². The lowest BCUT2D eigenvalue weighted by molar-refractivity contribution is 0.289. The second kappa shape index (κ2) is 13.1. The molecule has 3 fully saturated rings. The number of aliphatic hydroxyl groups is 2. The Morgan fingerprint density at radius 3 is 1.39 bits per heavy atom. The molecule has 3 saturated carbocycles. The van der Waals surface area contributed by atoms with E-state index in [2.05, 4.69) is 38.1 Å². The van der Waals surface area contributed by atoms with Gasteiger partial charge in [-0.2, -0.15) is 0 Å². The number of benzene rings is 2. The Morgan fingerprint density at radius 2 is 1.00 bits per heavy atom. The van der Waals surface area contributed by atoms with Crippen LogP contribution in [0.15, 0.2) is 24.3 Å². The highest BCUT2D eigenvalue weighted by Gasteiger charge is 2.39. The highest BCUT2D eigenvalue weighted by Crippen LogP contribution is 2.53. The van der Waals surface area contributed by atoms with Crippen molar-refractivity contribution in [2.45, 2.75) is 140 Å². The molecule has 0 saturated heterocycles. The molecule has 0 spiro atoms. The van der Waals surface area contributed by atoms with Crippen LogP contribution in [0, 0.1) is 5.92 Å². The zero-order chi connectivity index (χ0) is 29.0. The van der Waals surface area contributed by atoms with Gasteiger partial charge in [-0.05, 0) is 79.2 Å². The number of phenols is 2. The first-order chi connectivity index (χ1) is 19.8. The Kier molecular flexibility index (Phi) is 9.71. The highest BCUT2D eigenvalue weighted by atomic mass is 16.3. The van der Waals surface area contributed by atoms with Crippen molar-refractivity contribution in [3.05, 3.63) is 57.6 Å². The number of aliphatic hydroxyl groups excluding tert-OH is 2. The summed E-state index contributed by atoms with van der Waals surface area (Å²) >= 11 is 0. The number of hydrogen-bond donors (Lipinski definition) is 4. The van der Waals surface area contributed by atoms with Crippen LogP contribution in [0.3, 0.4) is 0 Å². The molecule has 0 aliphatic heterocycles. The van der Waals surface area contributed by atoms with Crippen LogP contribution in [-0.4, -0.2) is 33.6 Å². The Labute approximate surface area is 248 Å². The lowest BCUT2D eigenvalue weighted by Crippen LogP contribution is -2.27. The van der Waals surface area contributed by atoms with Crippen molar-refractivity contribution in [1.29, 1.82) is 0 Å². The molecule has 226 valence electrons. The summed E-state index contributed by atoms with van der Waals surface area (Å²) in [6.45, 7) is 4.78. The highest BCUT2D eigenvalue weighted by molar-refractivity contribution is 5.57. The minimum Gasteiger partial charge on any atom is -0.507 e.